The molecule has 0 aromatic carbocycles. The van der Waals surface area contributed by atoms with Gasteiger partial charge in [-0.25, -0.2) is 0 Å². The predicted molar refractivity (Wildman–Crippen MR) is 121 cm³/mol. The third-order valence-electron chi connectivity index (χ3n) is 19.4. The van der Waals surface area contributed by atoms with E-state index in [1.165, 1.54) is 140 Å². The van der Waals surface area contributed by atoms with E-state index in [0.717, 1.165) is 4.31 Å². The zero-order chi connectivity index (χ0) is 19.9. The van der Waals surface area contributed by atoms with Crippen molar-refractivity contribution in [1.29, 1.82) is 0 Å². The van der Waals surface area contributed by atoms with Crippen molar-refractivity contribution in [2.24, 2.45) is 5.92 Å². The maximum absolute atomic E-state index is 12.3. The van der Waals surface area contributed by atoms with E-state index in [9.17, 15) is 4.79 Å². The zero-order valence-corrected chi connectivity index (χ0v) is 20.3. The van der Waals surface area contributed by atoms with Crippen LogP contribution in [0.25, 0.3) is 0 Å². The molecule has 0 aromatic heterocycles. The van der Waals surface area contributed by atoms with Crippen LogP contribution in [0.4, 0.5) is 0 Å². The average molecular weight is 453 g/mol. The summed E-state index contributed by atoms with van der Waals surface area (Å²) in [7, 11) is 0. The molecule has 0 aliphatic carbocycles. The number of carbonyl (C=O) groups excluding carboxylic acids is 1. The molecule has 1 nitrogen and oxygen atoms in total. The van der Waals surface area contributed by atoms with E-state index >= 15 is 0 Å². The molecular weight excluding hydrogens is 408 g/mol. The number of unbranched alkanes of at least 4 members (excludes halogenated alkanes) is 13. The minimum absolute atomic E-state index is 0.573. The third-order valence-corrected chi connectivity index (χ3v) is 62.1. The molecule has 0 bridgehead atoms. The van der Waals surface area contributed by atoms with Crippen molar-refractivity contribution in [2.45, 2.75) is 151 Å². The van der Waals surface area contributed by atoms with Gasteiger partial charge in [-0.1, -0.05) is 39.0 Å². The number of rotatable bonds is 17. The van der Waals surface area contributed by atoms with Gasteiger partial charge >= 0.3 is 135 Å². The Labute approximate surface area is 174 Å². The van der Waals surface area contributed by atoms with Gasteiger partial charge in [0.25, 0.3) is 0 Å². The second-order valence-corrected chi connectivity index (χ2v) is 39.5. The SMILES string of the molecule is CCCCCCCCCCCCCCCCC(C=O)[C]12[CH]3[CH]4[CH]5[CH]1[Fe]45321678[CH]2[CH]1[CH]6[CH]7[CH]28. The summed E-state index contributed by atoms with van der Waals surface area (Å²) in [6, 6.07) is 0. The molecule has 2 heteroatoms. The van der Waals surface area contributed by atoms with Crippen LogP contribution in [-0.4, -0.2) is 6.29 Å². The Bertz CT molecular complexity index is 1090. The number of hydrogen-bond acceptors (Lipinski definition) is 1. The van der Waals surface area contributed by atoms with Gasteiger partial charge in [-0.3, -0.25) is 0 Å². The van der Waals surface area contributed by atoms with Crippen LogP contribution >= 0.6 is 0 Å². The van der Waals surface area contributed by atoms with E-state index < -0.39 is 6.51 Å². The molecule has 10 fully saturated rings. The molecule has 30 heavy (non-hydrogen) atoms. The van der Waals surface area contributed by atoms with E-state index in [0.29, 0.717) is 5.92 Å². The number of fused-ring (bicyclic) bond motifs is 10. The Balaban J connectivity index is 0.680. The first-order valence-corrected chi connectivity index (χ1v) is 20.5. The van der Waals surface area contributed by atoms with Crippen LogP contribution in [0, 0.1) is 5.92 Å². The van der Waals surface area contributed by atoms with Crippen molar-refractivity contribution in [2.75, 3.05) is 0 Å². The van der Waals surface area contributed by atoms with Crippen LogP contribution in [-0.2, 0) is 11.3 Å². The van der Waals surface area contributed by atoms with Crippen LogP contribution < -0.4 is 0 Å². The molecule has 10 aliphatic rings. The summed E-state index contributed by atoms with van der Waals surface area (Å²) < 4.78 is 0.831. The molecule has 10 rings (SSSR count). The quantitative estimate of drug-likeness (QED) is 0.122. The van der Waals surface area contributed by atoms with Crippen LogP contribution in [0.3, 0.4) is 0 Å². The molecule has 10 aliphatic heterocycles. The van der Waals surface area contributed by atoms with Crippen molar-refractivity contribution in [3.05, 3.63) is 0 Å². The van der Waals surface area contributed by atoms with Gasteiger partial charge in [-0.05, 0) is 0 Å². The Morgan fingerprint density at radius 3 is 1.33 bits per heavy atom. The second kappa shape index (κ2) is 2.46. The maximum atomic E-state index is 12.3. The molecule has 5 unspecified atom stereocenters. The predicted octanol–water partition coefficient (Wildman–Crippen LogP) is 9.43. The summed E-state index contributed by atoms with van der Waals surface area (Å²) in [5, 5.41) is 0. The van der Waals surface area contributed by atoms with Gasteiger partial charge in [0.1, 0.15) is 0 Å². The van der Waals surface area contributed by atoms with Crippen molar-refractivity contribution in [1.82, 2.24) is 0 Å². The van der Waals surface area contributed by atoms with Crippen LogP contribution in [0.1, 0.15) is 103 Å². The second-order valence-electron chi connectivity index (χ2n) is 15.9. The van der Waals surface area contributed by atoms with Crippen molar-refractivity contribution >= 4 is 6.29 Å². The van der Waals surface area contributed by atoms with Gasteiger partial charge in [0, 0.05) is 0 Å². The van der Waals surface area contributed by atoms with Gasteiger partial charge in [0.2, 0.25) is 0 Å². The molecule has 10 heterocycles. The third kappa shape index (κ3) is 0.370. The normalized spacial score (nSPS) is 73.7. The van der Waals surface area contributed by atoms with Gasteiger partial charge < -0.3 is 0 Å². The fourth-order valence-corrected chi connectivity index (χ4v) is 95.7. The van der Waals surface area contributed by atoms with E-state index in [1.807, 2.05) is 0 Å². The monoisotopic (exact) mass is 452 g/mol. The molecule has 0 aromatic rings. The summed E-state index contributed by atoms with van der Waals surface area (Å²) in [5.74, 6) is 0.573. The molecule has 0 saturated carbocycles. The topological polar surface area (TPSA) is 17.1 Å². The fraction of sp³-hybridized carbons (Fsp3) is 0.964. The number of aldehydes is 1. The fourth-order valence-electron chi connectivity index (χ4n) is 20.4. The zero-order valence-electron chi connectivity index (χ0n) is 19.2. The average Bonchev–Trinajstić information content (AvgIpc) is 3.69. The van der Waals surface area contributed by atoms with Crippen molar-refractivity contribution in [3.8, 4) is 0 Å². The first kappa shape index (κ1) is 16.7. The standard InChI is InChI=1S/C23H39O.C5H5.Fe/c1-2-3-4-5-6-7-8-9-10-11-12-13-14-15-20-23(21-24)22-18-16-17-19-22;1-2-4-5-3-1;/h16-19,21,23H,2-15,20H2,1H3;1-5H;. The molecule has 0 radical (unpaired) electrons. The Kier molecular flexibility index (Phi) is 1.37. The molecule has 5 atom stereocenters. The first-order valence-electron chi connectivity index (χ1n) is 14.2. The van der Waals surface area contributed by atoms with E-state index in [1.54, 1.807) is 6.29 Å². The molecule has 0 amide bonds. The Morgan fingerprint density at radius 1 is 0.633 bits per heavy atom. The van der Waals surface area contributed by atoms with Gasteiger partial charge in [-0.15, -0.1) is 0 Å². The van der Waals surface area contributed by atoms with E-state index in [4.69, 9.17) is 0 Å². The molecule has 170 valence electrons. The summed E-state index contributed by atoms with van der Waals surface area (Å²) in [6.07, 6.45) is 23.1. The van der Waals surface area contributed by atoms with Crippen LogP contribution in [0.2, 0.25) is 47.7 Å². The first-order chi connectivity index (χ1) is 14.6. The number of carbonyl (C=O) groups is 1. The summed E-state index contributed by atoms with van der Waals surface area (Å²) in [4.78, 5) is 24.7. The van der Waals surface area contributed by atoms with E-state index in [-0.39, 0.29) is 0 Å². The van der Waals surface area contributed by atoms with Crippen molar-refractivity contribution in [3.63, 3.8) is 0 Å². The van der Waals surface area contributed by atoms with Crippen molar-refractivity contribution < 1.29 is 11.3 Å². The van der Waals surface area contributed by atoms with Gasteiger partial charge in [-0.2, -0.15) is 0 Å². The molecule has 10 saturated heterocycles. The summed E-state index contributed by atoms with van der Waals surface area (Å²) >= 11 is 0. The minimum atomic E-state index is -3.03. The Hall–Kier alpha value is 0.189. The molecular formula is C28H44FeO. The van der Waals surface area contributed by atoms with Crippen LogP contribution in [0.15, 0.2) is 0 Å². The van der Waals surface area contributed by atoms with Gasteiger partial charge in [0.05, 0.1) is 0 Å². The van der Waals surface area contributed by atoms with Gasteiger partial charge in [0.15, 0.2) is 0 Å². The summed E-state index contributed by atoms with van der Waals surface area (Å²) in [5.41, 5.74) is 0. The van der Waals surface area contributed by atoms with E-state index in [2.05, 4.69) is 6.92 Å². The Morgan fingerprint density at radius 2 is 1.03 bits per heavy atom. The molecule has 1 spiro atoms. The van der Waals surface area contributed by atoms with Crippen LogP contribution in [0.5, 0.6) is 0 Å². The molecule has 0 N–H and O–H groups in total. The number of hydrogen-bond donors (Lipinski definition) is 0. The summed E-state index contributed by atoms with van der Waals surface area (Å²) in [6.45, 7) is -0.729.